The van der Waals surface area contributed by atoms with Crippen molar-refractivity contribution >= 4 is 0 Å². The minimum Gasteiger partial charge on any atom is -0.271 e. The topological polar surface area (TPSA) is 38.0 Å². The van der Waals surface area contributed by atoms with Crippen LogP contribution < -0.4 is 11.3 Å². The van der Waals surface area contributed by atoms with E-state index in [0.717, 1.165) is 17.2 Å². The molecule has 0 aliphatic rings. The van der Waals surface area contributed by atoms with Crippen LogP contribution >= 0.6 is 0 Å². The van der Waals surface area contributed by atoms with Gasteiger partial charge in [-0.3, -0.25) is 11.3 Å². The van der Waals surface area contributed by atoms with E-state index in [1.807, 2.05) is 26.0 Å². The summed E-state index contributed by atoms with van der Waals surface area (Å²) in [6, 6.07) is 9.39. The highest BCUT2D eigenvalue weighted by Crippen LogP contribution is 2.23. The third-order valence-electron chi connectivity index (χ3n) is 3.36. The zero-order valence-corrected chi connectivity index (χ0v) is 11.6. The molecular weight excluding hydrogens is 258 g/mol. The van der Waals surface area contributed by atoms with Crippen LogP contribution in [0.1, 0.15) is 28.3 Å². The molecule has 0 radical (unpaired) electrons. The molecule has 3 N–H and O–H groups in total. The van der Waals surface area contributed by atoms with Crippen molar-refractivity contribution in [3.05, 3.63) is 70.3 Å². The van der Waals surface area contributed by atoms with Crippen molar-refractivity contribution < 1.29 is 8.78 Å². The van der Waals surface area contributed by atoms with Crippen LogP contribution in [0.3, 0.4) is 0 Å². The van der Waals surface area contributed by atoms with E-state index in [1.165, 1.54) is 17.7 Å². The molecule has 1 unspecified atom stereocenters. The van der Waals surface area contributed by atoms with Gasteiger partial charge in [0.15, 0.2) is 0 Å². The summed E-state index contributed by atoms with van der Waals surface area (Å²) < 4.78 is 26.5. The van der Waals surface area contributed by atoms with Crippen molar-refractivity contribution in [1.29, 1.82) is 0 Å². The van der Waals surface area contributed by atoms with E-state index >= 15 is 0 Å². The highest BCUT2D eigenvalue weighted by molar-refractivity contribution is 5.34. The smallest absolute Gasteiger partial charge is 0.126 e. The van der Waals surface area contributed by atoms with Gasteiger partial charge in [0.05, 0.1) is 6.04 Å². The van der Waals surface area contributed by atoms with Gasteiger partial charge < -0.3 is 0 Å². The highest BCUT2D eigenvalue weighted by Gasteiger charge is 2.14. The van der Waals surface area contributed by atoms with Crippen LogP contribution in [0, 0.1) is 25.5 Å². The first kappa shape index (κ1) is 14.6. The maximum Gasteiger partial charge on any atom is 0.126 e. The minimum absolute atomic E-state index is 0.184. The molecule has 2 nitrogen and oxygen atoms in total. The van der Waals surface area contributed by atoms with Gasteiger partial charge in [0, 0.05) is 6.07 Å². The molecule has 0 bridgehead atoms. The Labute approximate surface area is 117 Å². The number of hydrogen-bond donors (Lipinski definition) is 2. The standard InChI is InChI=1S/C16H18F2N2/c1-10-3-4-15(11(2)5-10)16(20-19)8-12-6-13(17)9-14(18)7-12/h3-7,9,16,20H,8,19H2,1-2H3. The summed E-state index contributed by atoms with van der Waals surface area (Å²) in [4.78, 5) is 0. The van der Waals surface area contributed by atoms with Gasteiger partial charge in [-0.05, 0) is 49.1 Å². The Morgan fingerprint density at radius 3 is 2.25 bits per heavy atom. The molecule has 0 saturated carbocycles. The van der Waals surface area contributed by atoms with Crippen molar-refractivity contribution in [2.24, 2.45) is 5.84 Å². The predicted molar refractivity (Wildman–Crippen MR) is 76.0 cm³/mol. The molecule has 0 aliphatic heterocycles. The predicted octanol–water partition coefficient (Wildman–Crippen LogP) is 3.33. The number of nitrogens with two attached hydrogens (primary N) is 1. The van der Waals surface area contributed by atoms with E-state index in [9.17, 15) is 8.78 Å². The Kier molecular flexibility index (Phi) is 4.47. The lowest BCUT2D eigenvalue weighted by Gasteiger charge is -2.19. The van der Waals surface area contributed by atoms with E-state index in [4.69, 9.17) is 5.84 Å². The molecule has 106 valence electrons. The van der Waals surface area contributed by atoms with Crippen LogP contribution in [-0.4, -0.2) is 0 Å². The van der Waals surface area contributed by atoms with Crippen molar-refractivity contribution in [1.82, 2.24) is 5.43 Å². The van der Waals surface area contributed by atoms with Crippen LogP contribution in [0.5, 0.6) is 0 Å². The Morgan fingerprint density at radius 2 is 1.70 bits per heavy atom. The summed E-state index contributed by atoms with van der Waals surface area (Å²) in [6.07, 6.45) is 0.426. The first-order chi connectivity index (χ1) is 9.49. The second kappa shape index (κ2) is 6.11. The number of benzene rings is 2. The Hall–Kier alpha value is -1.78. The fourth-order valence-electron chi connectivity index (χ4n) is 2.44. The average Bonchev–Trinajstić information content (AvgIpc) is 2.35. The van der Waals surface area contributed by atoms with Crippen molar-refractivity contribution in [3.8, 4) is 0 Å². The summed E-state index contributed by atoms with van der Waals surface area (Å²) in [6.45, 7) is 4.02. The molecule has 2 rings (SSSR count). The summed E-state index contributed by atoms with van der Waals surface area (Å²) in [5.41, 5.74) is 6.59. The van der Waals surface area contributed by atoms with Gasteiger partial charge >= 0.3 is 0 Å². The zero-order chi connectivity index (χ0) is 14.7. The maximum atomic E-state index is 13.2. The lowest BCUT2D eigenvalue weighted by molar-refractivity contribution is 0.538. The average molecular weight is 276 g/mol. The molecule has 1 atom stereocenters. The summed E-state index contributed by atoms with van der Waals surface area (Å²) in [5.74, 6) is 4.45. The molecule has 0 fully saturated rings. The monoisotopic (exact) mass is 276 g/mol. The van der Waals surface area contributed by atoms with Gasteiger partial charge in [-0.25, -0.2) is 8.78 Å². The SMILES string of the molecule is Cc1ccc(C(Cc2cc(F)cc(F)c2)NN)c(C)c1. The van der Waals surface area contributed by atoms with Crippen LogP contribution in [0.15, 0.2) is 36.4 Å². The quantitative estimate of drug-likeness (QED) is 0.664. The van der Waals surface area contributed by atoms with Crippen LogP contribution in [0.2, 0.25) is 0 Å². The minimum atomic E-state index is -0.573. The molecule has 2 aromatic carbocycles. The van der Waals surface area contributed by atoms with Gasteiger partial charge in [-0.2, -0.15) is 0 Å². The van der Waals surface area contributed by atoms with Gasteiger partial charge in [0.1, 0.15) is 11.6 Å². The fourth-order valence-corrected chi connectivity index (χ4v) is 2.44. The summed E-state index contributed by atoms with van der Waals surface area (Å²) in [7, 11) is 0. The molecule has 0 amide bonds. The number of hydrazine groups is 1. The number of hydrogen-bond acceptors (Lipinski definition) is 2. The maximum absolute atomic E-state index is 13.2. The molecule has 0 saturated heterocycles. The molecule has 0 spiro atoms. The van der Waals surface area contributed by atoms with E-state index in [0.29, 0.717) is 12.0 Å². The van der Waals surface area contributed by atoms with Gasteiger partial charge in [-0.1, -0.05) is 23.8 Å². The molecule has 2 aromatic rings. The van der Waals surface area contributed by atoms with E-state index in [-0.39, 0.29) is 6.04 Å². The van der Waals surface area contributed by atoms with Gasteiger partial charge in [0.2, 0.25) is 0 Å². The van der Waals surface area contributed by atoms with Crippen LogP contribution in [-0.2, 0) is 6.42 Å². The first-order valence-corrected chi connectivity index (χ1v) is 6.48. The first-order valence-electron chi connectivity index (χ1n) is 6.48. The number of nitrogens with one attached hydrogen (secondary N) is 1. The van der Waals surface area contributed by atoms with Gasteiger partial charge in [0.25, 0.3) is 0 Å². The van der Waals surface area contributed by atoms with Crippen LogP contribution in [0.4, 0.5) is 8.78 Å². The molecule has 0 heterocycles. The Bertz CT molecular complexity index is 591. The third kappa shape index (κ3) is 3.40. The van der Waals surface area contributed by atoms with Crippen molar-refractivity contribution in [2.45, 2.75) is 26.3 Å². The highest BCUT2D eigenvalue weighted by atomic mass is 19.1. The molecule has 20 heavy (non-hydrogen) atoms. The summed E-state index contributed by atoms with van der Waals surface area (Å²) >= 11 is 0. The molecule has 0 aliphatic carbocycles. The van der Waals surface area contributed by atoms with Gasteiger partial charge in [-0.15, -0.1) is 0 Å². The second-order valence-corrected chi connectivity index (χ2v) is 5.06. The number of rotatable bonds is 4. The molecule has 0 aromatic heterocycles. The molecule has 4 heteroatoms. The molecular formula is C16H18F2N2. The normalized spacial score (nSPS) is 12.4. The lowest BCUT2D eigenvalue weighted by atomic mass is 9.94. The Balaban J connectivity index is 2.28. The largest absolute Gasteiger partial charge is 0.271 e. The second-order valence-electron chi connectivity index (χ2n) is 5.06. The fraction of sp³-hybridized carbons (Fsp3) is 0.250. The van der Waals surface area contributed by atoms with E-state index in [1.54, 1.807) is 0 Å². The summed E-state index contributed by atoms with van der Waals surface area (Å²) in [5, 5.41) is 0. The van der Waals surface area contributed by atoms with Crippen molar-refractivity contribution in [3.63, 3.8) is 0 Å². The zero-order valence-electron chi connectivity index (χ0n) is 11.6. The van der Waals surface area contributed by atoms with Crippen molar-refractivity contribution in [2.75, 3.05) is 0 Å². The van der Waals surface area contributed by atoms with E-state index in [2.05, 4.69) is 11.5 Å². The number of aryl methyl sites for hydroxylation is 2. The van der Waals surface area contributed by atoms with E-state index < -0.39 is 11.6 Å². The third-order valence-corrected chi connectivity index (χ3v) is 3.36. The lowest BCUT2D eigenvalue weighted by Crippen LogP contribution is -2.30. The Morgan fingerprint density at radius 1 is 1.05 bits per heavy atom. The number of halogens is 2. The van der Waals surface area contributed by atoms with Crippen LogP contribution in [0.25, 0.3) is 0 Å².